The SMILES string of the molecule is CCCC1(C)C(=CC=O)CCC2C1C(O)CC1(C)C2CCC1C(C)(C)O. The van der Waals surface area contributed by atoms with Crippen LogP contribution in [0.1, 0.15) is 79.6 Å². The first-order valence-electron chi connectivity index (χ1n) is 10.6. The smallest absolute Gasteiger partial charge is 0.142 e. The maximum absolute atomic E-state index is 11.4. The lowest BCUT2D eigenvalue weighted by Crippen LogP contribution is -2.57. The van der Waals surface area contributed by atoms with E-state index in [-0.39, 0.29) is 28.8 Å². The molecule has 0 amide bonds. The number of hydrogen-bond acceptors (Lipinski definition) is 3. The number of hydrogen-bond donors (Lipinski definition) is 2. The van der Waals surface area contributed by atoms with Crippen LogP contribution < -0.4 is 0 Å². The average molecular weight is 363 g/mol. The van der Waals surface area contributed by atoms with Gasteiger partial charge in [-0.05, 0) is 93.0 Å². The van der Waals surface area contributed by atoms with Crippen molar-refractivity contribution in [3.8, 4) is 0 Å². The van der Waals surface area contributed by atoms with E-state index in [1.165, 1.54) is 5.57 Å². The summed E-state index contributed by atoms with van der Waals surface area (Å²) in [5, 5.41) is 22.1. The number of fused-ring (bicyclic) bond motifs is 3. The zero-order chi connectivity index (χ0) is 19.3. The quantitative estimate of drug-likeness (QED) is 0.571. The molecule has 0 saturated heterocycles. The van der Waals surface area contributed by atoms with Gasteiger partial charge in [0.25, 0.3) is 0 Å². The molecule has 3 nitrogen and oxygen atoms in total. The van der Waals surface area contributed by atoms with Crippen molar-refractivity contribution in [2.75, 3.05) is 0 Å². The van der Waals surface area contributed by atoms with Crippen molar-refractivity contribution in [2.45, 2.75) is 91.3 Å². The highest BCUT2D eigenvalue weighted by Gasteiger charge is 2.63. The molecule has 3 aliphatic carbocycles. The second-order valence-corrected chi connectivity index (χ2v) is 10.4. The summed E-state index contributed by atoms with van der Waals surface area (Å²) >= 11 is 0. The van der Waals surface area contributed by atoms with Crippen LogP contribution in [0.3, 0.4) is 0 Å². The van der Waals surface area contributed by atoms with Crippen molar-refractivity contribution >= 4 is 6.29 Å². The van der Waals surface area contributed by atoms with Gasteiger partial charge in [-0.1, -0.05) is 32.8 Å². The van der Waals surface area contributed by atoms with Gasteiger partial charge >= 0.3 is 0 Å². The van der Waals surface area contributed by atoms with Gasteiger partial charge in [-0.15, -0.1) is 0 Å². The van der Waals surface area contributed by atoms with E-state index in [0.29, 0.717) is 11.8 Å². The van der Waals surface area contributed by atoms with E-state index in [4.69, 9.17) is 0 Å². The summed E-state index contributed by atoms with van der Waals surface area (Å²) in [4.78, 5) is 11.2. The number of aldehydes is 1. The Morgan fingerprint density at radius 1 is 1.23 bits per heavy atom. The summed E-state index contributed by atoms with van der Waals surface area (Å²) in [7, 11) is 0. The molecule has 3 aliphatic rings. The Labute approximate surface area is 159 Å². The van der Waals surface area contributed by atoms with Crippen LogP contribution in [0.25, 0.3) is 0 Å². The molecular weight excluding hydrogens is 324 g/mol. The Balaban J connectivity index is 2.00. The minimum absolute atomic E-state index is 0.0117. The minimum Gasteiger partial charge on any atom is -0.393 e. The van der Waals surface area contributed by atoms with Crippen LogP contribution in [0.15, 0.2) is 11.6 Å². The molecule has 0 aromatic carbocycles. The number of aliphatic hydroxyl groups excluding tert-OH is 1. The molecule has 0 aliphatic heterocycles. The summed E-state index contributed by atoms with van der Waals surface area (Å²) in [6, 6.07) is 0. The van der Waals surface area contributed by atoms with Crippen LogP contribution in [0.2, 0.25) is 0 Å². The van der Waals surface area contributed by atoms with Crippen molar-refractivity contribution in [1.29, 1.82) is 0 Å². The average Bonchev–Trinajstić information content (AvgIpc) is 2.87. The highest BCUT2D eigenvalue weighted by molar-refractivity contribution is 5.66. The molecule has 0 aromatic rings. The molecule has 0 radical (unpaired) electrons. The molecule has 0 heterocycles. The monoisotopic (exact) mass is 362 g/mol. The molecule has 3 saturated carbocycles. The van der Waals surface area contributed by atoms with Gasteiger partial charge < -0.3 is 10.2 Å². The summed E-state index contributed by atoms with van der Waals surface area (Å²) < 4.78 is 0. The van der Waals surface area contributed by atoms with Gasteiger partial charge in [0.1, 0.15) is 6.29 Å². The van der Waals surface area contributed by atoms with E-state index >= 15 is 0 Å². The fraction of sp³-hybridized carbons (Fsp3) is 0.870. The van der Waals surface area contributed by atoms with E-state index in [9.17, 15) is 15.0 Å². The van der Waals surface area contributed by atoms with Crippen LogP contribution in [-0.2, 0) is 4.79 Å². The van der Waals surface area contributed by atoms with Gasteiger partial charge in [0.05, 0.1) is 11.7 Å². The zero-order valence-electron chi connectivity index (χ0n) is 17.3. The van der Waals surface area contributed by atoms with E-state index in [1.807, 2.05) is 13.8 Å². The Hall–Kier alpha value is -0.670. The van der Waals surface area contributed by atoms with E-state index in [0.717, 1.165) is 51.2 Å². The first-order valence-corrected chi connectivity index (χ1v) is 10.6. The van der Waals surface area contributed by atoms with Gasteiger partial charge in [-0.25, -0.2) is 0 Å². The summed E-state index contributed by atoms with van der Waals surface area (Å²) in [5.41, 5.74) is 0.486. The standard InChI is InChI=1S/C23H38O3/c1-6-12-22(4)15(11-13-24)7-8-16-17-9-10-19(21(2,3)26)23(17,5)14-18(25)20(16)22/h11,13,16-20,25-26H,6-10,12,14H2,1-5H3. The first-order chi connectivity index (χ1) is 12.1. The summed E-state index contributed by atoms with van der Waals surface area (Å²) in [6.07, 6.45) is 9.50. The molecule has 7 unspecified atom stereocenters. The van der Waals surface area contributed by atoms with Crippen molar-refractivity contribution < 1.29 is 15.0 Å². The Bertz CT molecular complexity index is 574. The number of carbonyl (C=O) groups excluding carboxylic acids is 1. The van der Waals surface area contributed by atoms with Gasteiger partial charge in [-0.2, -0.15) is 0 Å². The van der Waals surface area contributed by atoms with E-state index in [2.05, 4.69) is 20.8 Å². The Morgan fingerprint density at radius 3 is 2.50 bits per heavy atom. The fourth-order valence-electron chi connectivity index (χ4n) is 7.84. The van der Waals surface area contributed by atoms with E-state index < -0.39 is 5.60 Å². The third-order valence-electron chi connectivity index (χ3n) is 8.56. The van der Waals surface area contributed by atoms with Crippen LogP contribution in [-0.4, -0.2) is 28.2 Å². The highest BCUT2D eigenvalue weighted by Crippen LogP contribution is 2.67. The molecular formula is C23H38O3. The second-order valence-electron chi connectivity index (χ2n) is 10.4. The van der Waals surface area contributed by atoms with Crippen LogP contribution in [0, 0.1) is 34.5 Å². The van der Waals surface area contributed by atoms with Crippen LogP contribution in [0.5, 0.6) is 0 Å². The number of allylic oxidation sites excluding steroid dienone is 2. The van der Waals surface area contributed by atoms with Crippen molar-refractivity contribution in [2.24, 2.45) is 34.5 Å². The number of rotatable bonds is 4. The molecule has 3 fully saturated rings. The van der Waals surface area contributed by atoms with Crippen molar-refractivity contribution in [1.82, 2.24) is 0 Å². The van der Waals surface area contributed by atoms with Crippen molar-refractivity contribution in [3.05, 3.63) is 11.6 Å². The highest BCUT2D eigenvalue weighted by atomic mass is 16.3. The second kappa shape index (κ2) is 6.74. The molecule has 0 spiro atoms. The van der Waals surface area contributed by atoms with Crippen molar-refractivity contribution in [3.63, 3.8) is 0 Å². The molecule has 148 valence electrons. The third kappa shape index (κ3) is 2.90. The number of carbonyl (C=O) groups is 1. The van der Waals surface area contributed by atoms with E-state index in [1.54, 1.807) is 6.08 Å². The molecule has 2 N–H and O–H groups in total. The maximum atomic E-state index is 11.4. The predicted octanol–water partition coefficient (Wildman–Crippen LogP) is 4.51. The lowest BCUT2D eigenvalue weighted by atomic mass is 9.46. The topological polar surface area (TPSA) is 57.5 Å². The van der Waals surface area contributed by atoms with Gasteiger partial charge in [0.2, 0.25) is 0 Å². The minimum atomic E-state index is -0.694. The predicted molar refractivity (Wildman–Crippen MR) is 105 cm³/mol. The zero-order valence-corrected chi connectivity index (χ0v) is 17.3. The molecule has 3 heteroatoms. The Kier molecular flexibility index (Phi) is 5.20. The molecule has 7 atom stereocenters. The third-order valence-corrected chi connectivity index (χ3v) is 8.56. The Morgan fingerprint density at radius 2 is 1.92 bits per heavy atom. The number of aliphatic hydroxyl groups is 2. The van der Waals surface area contributed by atoms with Gasteiger partial charge in [-0.3, -0.25) is 4.79 Å². The normalized spacial score (nSPS) is 47.5. The molecule has 0 aromatic heterocycles. The van der Waals surface area contributed by atoms with Crippen LogP contribution >= 0.6 is 0 Å². The van der Waals surface area contributed by atoms with Gasteiger partial charge in [0.15, 0.2) is 0 Å². The maximum Gasteiger partial charge on any atom is 0.142 e. The lowest BCUT2D eigenvalue weighted by Gasteiger charge is -2.60. The first kappa shape index (κ1) is 20.1. The van der Waals surface area contributed by atoms with Gasteiger partial charge in [0, 0.05) is 0 Å². The molecule has 0 bridgehead atoms. The summed E-state index contributed by atoms with van der Waals surface area (Å²) in [5.74, 6) is 1.55. The molecule has 26 heavy (non-hydrogen) atoms. The molecule has 3 rings (SSSR count). The largest absolute Gasteiger partial charge is 0.393 e. The fourth-order valence-corrected chi connectivity index (χ4v) is 7.84. The lowest BCUT2D eigenvalue weighted by molar-refractivity contribution is -0.148. The summed E-state index contributed by atoms with van der Waals surface area (Å²) in [6.45, 7) is 10.7. The van der Waals surface area contributed by atoms with Crippen LogP contribution in [0.4, 0.5) is 0 Å².